The van der Waals surface area contributed by atoms with Gasteiger partial charge in [-0.3, -0.25) is 19.4 Å². The third kappa shape index (κ3) is 5.81. The molecule has 0 aliphatic carbocycles. The number of hydrogen-bond donors (Lipinski definition) is 2. The first-order valence-corrected chi connectivity index (χ1v) is 11.8. The van der Waals surface area contributed by atoms with E-state index in [1.807, 2.05) is 16.7 Å². The predicted molar refractivity (Wildman–Crippen MR) is 127 cm³/mol. The van der Waals surface area contributed by atoms with Gasteiger partial charge in [0.15, 0.2) is 5.13 Å². The SMILES string of the molecule is CC(=O)NC[C@H]1CN(c2ccc(N3CCN(CC(=O)Nc4ncc(C)s4)CC3)c(F)c2)C(=O)O1. The standard InChI is InChI=1S/C22H27FN6O4S/c1-14-10-25-21(34-14)26-20(31)13-27-5-7-28(8-6-27)19-4-3-16(9-18(19)23)29-12-17(33-22(29)32)11-24-15(2)30/h3-4,9-10,17H,5-8,11-13H2,1-2H3,(H,24,30)(H,25,26,31)/t17-/m0/s1. The van der Waals surface area contributed by atoms with Crippen molar-refractivity contribution in [3.05, 3.63) is 35.1 Å². The Hall–Kier alpha value is -3.25. The molecule has 12 heteroatoms. The predicted octanol–water partition coefficient (Wildman–Crippen LogP) is 1.81. The molecule has 2 fully saturated rings. The average Bonchev–Trinajstić information content (AvgIpc) is 3.37. The topological polar surface area (TPSA) is 107 Å². The second kappa shape index (κ2) is 10.3. The van der Waals surface area contributed by atoms with Crippen LogP contribution in [-0.2, 0) is 14.3 Å². The van der Waals surface area contributed by atoms with Crippen molar-refractivity contribution in [3.8, 4) is 0 Å². The Bertz CT molecular complexity index is 1070. The van der Waals surface area contributed by atoms with Crippen molar-refractivity contribution < 1.29 is 23.5 Å². The van der Waals surface area contributed by atoms with E-state index >= 15 is 0 Å². The van der Waals surface area contributed by atoms with Gasteiger partial charge in [0.2, 0.25) is 11.8 Å². The second-order valence-electron chi connectivity index (χ2n) is 8.28. The lowest BCUT2D eigenvalue weighted by Gasteiger charge is -2.36. The lowest BCUT2D eigenvalue weighted by molar-refractivity contribution is -0.119. The number of benzene rings is 1. The molecule has 2 aliphatic rings. The number of thiazole rings is 1. The highest BCUT2D eigenvalue weighted by molar-refractivity contribution is 7.15. The van der Waals surface area contributed by atoms with Crippen molar-refractivity contribution in [2.45, 2.75) is 20.0 Å². The summed E-state index contributed by atoms with van der Waals surface area (Å²) in [6.07, 6.45) is 0.668. The largest absolute Gasteiger partial charge is 0.442 e. The van der Waals surface area contributed by atoms with Crippen LogP contribution in [0.2, 0.25) is 0 Å². The van der Waals surface area contributed by atoms with Crippen molar-refractivity contribution in [2.75, 3.05) is 60.9 Å². The van der Waals surface area contributed by atoms with Gasteiger partial charge in [-0.1, -0.05) is 0 Å². The molecule has 0 unspecified atom stereocenters. The number of nitrogens with zero attached hydrogens (tertiary/aromatic N) is 4. The van der Waals surface area contributed by atoms with Gasteiger partial charge in [-0.25, -0.2) is 14.2 Å². The first-order valence-electron chi connectivity index (χ1n) is 11.0. The Morgan fingerprint density at radius 3 is 2.68 bits per heavy atom. The first kappa shape index (κ1) is 23.9. The number of carbonyl (C=O) groups excluding carboxylic acids is 3. The third-order valence-electron chi connectivity index (χ3n) is 5.64. The maximum Gasteiger partial charge on any atom is 0.414 e. The highest BCUT2D eigenvalue weighted by Crippen LogP contribution is 2.28. The summed E-state index contributed by atoms with van der Waals surface area (Å²) in [4.78, 5) is 46.0. The fourth-order valence-electron chi connectivity index (χ4n) is 3.94. The van der Waals surface area contributed by atoms with E-state index in [2.05, 4.69) is 15.6 Å². The molecule has 1 atom stereocenters. The van der Waals surface area contributed by atoms with Crippen LogP contribution < -0.4 is 20.4 Å². The molecule has 1 aromatic heterocycles. The number of anilines is 3. The van der Waals surface area contributed by atoms with Crippen LogP contribution in [-0.4, -0.2) is 79.7 Å². The minimum atomic E-state index is -0.567. The van der Waals surface area contributed by atoms with E-state index in [0.29, 0.717) is 42.7 Å². The van der Waals surface area contributed by atoms with Gasteiger partial charge in [-0.15, -0.1) is 11.3 Å². The van der Waals surface area contributed by atoms with E-state index < -0.39 is 18.0 Å². The minimum Gasteiger partial charge on any atom is -0.442 e. The number of halogens is 1. The lowest BCUT2D eigenvalue weighted by Crippen LogP contribution is -2.49. The molecule has 2 aromatic rings. The minimum absolute atomic E-state index is 0.118. The van der Waals surface area contributed by atoms with Gasteiger partial charge in [0, 0.05) is 44.2 Å². The summed E-state index contributed by atoms with van der Waals surface area (Å²) in [7, 11) is 0. The zero-order valence-electron chi connectivity index (χ0n) is 19.0. The number of aryl methyl sites for hydroxylation is 1. The lowest BCUT2D eigenvalue weighted by atomic mass is 10.2. The van der Waals surface area contributed by atoms with E-state index in [0.717, 1.165) is 4.88 Å². The molecule has 2 saturated heterocycles. The van der Waals surface area contributed by atoms with Crippen LogP contribution in [0.1, 0.15) is 11.8 Å². The number of ether oxygens (including phenoxy) is 1. The monoisotopic (exact) mass is 490 g/mol. The quantitative estimate of drug-likeness (QED) is 0.610. The molecule has 2 N–H and O–H groups in total. The zero-order valence-corrected chi connectivity index (χ0v) is 19.9. The summed E-state index contributed by atoms with van der Waals surface area (Å²) < 4.78 is 20.2. The summed E-state index contributed by atoms with van der Waals surface area (Å²) in [6.45, 7) is 6.41. The summed E-state index contributed by atoms with van der Waals surface area (Å²) in [5.41, 5.74) is 0.859. The Morgan fingerprint density at radius 1 is 1.26 bits per heavy atom. The van der Waals surface area contributed by atoms with E-state index in [1.165, 1.54) is 29.2 Å². The fraction of sp³-hybridized carbons (Fsp3) is 0.455. The number of amides is 3. The number of carbonyl (C=O) groups is 3. The summed E-state index contributed by atoms with van der Waals surface area (Å²) in [5.74, 6) is -0.756. The van der Waals surface area contributed by atoms with Gasteiger partial charge >= 0.3 is 6.09 Å². The molecule has 0 radical (unpaired) electrons. The van der Waals surface area contributed by atoms with Gasteiger partial charge < -0.3 is 20.3 Å². The van der Waals surface area contributed by atoms with Crippen molar-refractivity contribution in [3.63, 3.8) is 0 Å². The molecule has 2 aliphatic heterocycles. The molecule has 10 nitrogen and oxygen atoms in total. The molecule has 3 amide bonds. The number of hydrogen-bond acceptors (Lipinski definition) is 8. The van der Waals surface area contributed by atoms with Crippen LogP contribution in [0.25, 0.3) is 0 Å². The summed E-state index contributed by atoms with van der Waals surface area (Å²) in [5, 5.41) is 6.01. The van der Waals surface area contributed by atoms with Crippen LogP contribution in [0.3, 0.4) is 0 Å². The van der Waals surface area contributed by atoms with Gasteiger partial charge in [-0.2, -0.15) is 0 Å². The van der Waals surface area contributed by atoms with E-state index in [-0.39, 0.29) is 31.4 Å². The molecule has 4 rings (SSSR count). The molecular weight excluding hydrogens is 463 g/mol. The Labute approximate surface area is 200 Å². The Balaban J connectivity index is 1.29. The van der Waals surface area contributed by atoms with Crippen LogP contribution in [0.5, 0.6) is 0 Å². The smallest absolute Gasteiger partial charge is 0.414 e. The van der Waals surface area contributed by atoms with E-state index in [1.54, 1.807) is 18.3 Å². The van der Waals surface area contributed by atoms with Crippen LogP contribution in [0, 0.1) is 12.7 Å². The molecule has 3 heterocycles. The number of cyclic esters (lactones) is 1. The number of aromatic nitrogens is 1. The Morgan fingerprint density at radius 2 is 2.03 bits per heavy atom. The normalized spacial score (nSPS) is 18.7. The highest BCUT2D eigenvalue weighted by atomic mass is 32.1. The average molecular weight is 491 g/mol. The van der Waals surface area contributed by atoms with Gasteiger partial charge in [0.1, 0.15) is 11.9 Å². The van der Waals surface area contributed by atoms with Crippen molar-refractivity contribution >= 4 is 45.8 Å². The fourth-order valence-corrected chi connectivity index (χ4v) is 4.62. The molecule has 34 heavy (non-hydrogen) atoms. The molecule has 182 valence electrons. The van der Waals surface area contributed by atoms with E-state index in [9.17, 15) is 18.8 Å². The zero-order chi connectivity index (χ0) is 24.2. The summed E-state index contributed by atoms with van der Waals surface area (Å²) in [6, 6.07) is 4.68. The number of piperazine rings is 1. The second-order valence-corrected chi connectivity index (χ2v) is 9.51. The third-order valence-corrected chi connectivity index (χ3v) is 6.47. The molecule has 0 bridgehead atoms. The number of nitrogens with one attached hydrogen (secondary N) is 2. The molecule has 0 spiro atoms. The maximum absolute atomic E-state index is 15.0. The van der Waals surface area contributed by atoms with Crippen LogP contribution >= 0.6 is 11.3 Å². The highest BCUT2D eigenvalue weighted by Gasteiger charge is 2.33. The first-order chi connectivity index (χ1) is 16.3. The van der Waals surface area contributed by atoms with Crippen molar-refractivity contribution in [1.82, 2.24) is 15.2 Å². The van der Waals surface area contributed by atoms with Gasteiger partial charge in [0.05, 0.1) is 31.0 Å². The van der Waals surface area contributed by atoms with Gasteiger partial charge in [0.25, 0.3) is 0 Å². The number of rotatable bonds is 7. The molecular formula is C22H27FN6O4S. The Kier molecular flexibility index (Phi) is 7.27. The van der Waals surface area contributed by atoms with Crippen molar-refractivity contribution in [2.24, 2.45) is 0 Å². The molecule has 1 aromatic carbocycles. The maximum atomic E-state index is 15.0. The molecule has 0 saturated carbocycles. The van der Waals surface area contributed by atoms with Crippen molar-refractivity contribution in [1.29, 1.82) is 0 Å². The van der Waals surface area contributed by atoms with E-state index in [4.69, 9.17) is 4.74 Å². The van der Waals surface area contributed by atoms with Gasteiger partial charge in [-0.05, 0) is 25.1 Å². The van der Waals surface area contributed by atoms with Crippen LogP contribution in [0.15, 0.2) is 24.4 Å². The summed E-state index contributed by atoms with van der Waals surface area (Å²) >= 11 is 1.43. The van der Waals surface area contributed by atoms with Crippen LogP contribution in [0.4, 0.5) is 25.7 Å².